The first-order chi connectivity index (χ1) is 9.89. The molecule has 0 N–H and O–H groups in total. The number of hydrogen-bond donors (Lipinski definition) is 0. The Balaban J connectivity index is 3.33. The molecule has 0 radical (unpaired) electrons. The van der Waals surface area contributed by atoms with Gasteiger partial charge in [0.15, 0.2) is 5.66 Å². The van der Waals surface area contributed by atoms with Gasteiger partial charge in [0.25, 0.3) is 0 Å². The normalized spacial score (nSPS) is 14.4. The lowest BCUT2D eigenvalue weighted by Gasteiger charge is -2.26. The maximum absolute atomic E-state index is 12.6. The van der Waals surface area contributed by atoms with Gasteiger partial charge in [-0.25, -0.2) is 0 Å². The monoisotopic (exact) mass is 337 g/mol. The summed E-state index contributed by atoms with van der Waals surface area (Å²) in [5, 5.41) is 12.6. The van der Waals surface area contributed by atoms with E-state index in [-0.39, 0.29) is 0 Å². The van der Waals surface area contributed by atoms with Gasteiger partial charge in [0.05, 0.1) is 13.0 Å². The molecule has 1 aromatic rings. The summed E-state index contributed by atoms with van der Waals surface area (Å²) in [6.07, 6.45) is 0. The highest BCUT2D eigenvalue weighted by Gasteiger charge is 2.49. The van der Waals surface area contributed by atoms with E-state index >= 15 is 0 Å². The molecule has 0 aliphatic heterocycles. The van der Waals surface area contributed by atoms with E-state index in [9.17, 15) is 19.5 Å². The van der Waals surface area contributed by atoms with Crippen LogP contribution < -0.4 is 0 Å². The second kappa shape index (κ2) is 7.65. The third-order valence-corrected chi connectivity index (χ3v) is 6.20. The van der Waals surface area contributed by atoms with E-state index in [1.54, 1.807) is 17.5 Å². The quantitative estimate of drug-likeness (QED) is 0.310. The third-order valence-electron chi connectivity index (χ3n) is 2.93. The van der Waals surface area contributed by atoms with Gasteiger partial charge in [-0.1, -0.05) is 6.07 Å². The van der Waals surface area contributed by atoms with Gasteiger partial charge in [0.2, 0.25) is 6.54 Å². The van der Waals surface area contributed by atoms with Crippen LogP contribution in [0.25, 0.3) is 0 Å². The summed E-state index contributed by atoms with van der Waals surface area (Å²) in [5.41, 5.74) is -1.40. The predicted octanol–water partition coefficient (Wildman–Crippen LogP) is 2.14. The molecule has 1 rings (SSSR count). The van der Waals surface area contributed by atoms with E-state index < -0.39 is 36.6 Å². The number of hydrogen-bond acceptors (Lipinski definition) is 8. The van der Waals surface area contributed by atoms with Crippen LogP contribution in [0.3, 0.4) is 0 Å². The van der Waals surface area contributed by atoms with Gasteiger partial charge in [-0.3, -0.25) is 19.5 Å². The van der Waals surface area contributed by atoms with E-state index in [2.05, 4.69) is 4.74 Å². The molecule has 0 saturated heterocycles. The highest BCUT2D eigenvalue weighted by Crippen LogP contribution is 2.57. The lowest BCUT2D eigenvalue weighted by atomic mass is 10.0. The van der Waals surface area contributed by atoms with Crippen molar-refractivity contribution in [1.29, 1.82) is 0 Å². The first-order valence-corrected chi connectivity index (χ1v) is 8.33. The van der Waals surface area contributed by atoms with E-state index in [0.29, 0.717) is 4.88 Å². The minimum absolute atomic E-state index is 0.538. The lowest BCUT2D eigenvalue weighted by Crippen LogP contribution is -2.34. The number of thiophene rings is 1. The van der Waals surface area contributed by atoms with Gasteiger partial charge in [0, 0.05) is 24.0 Å². The van der Waals surface area contributed by atoms with Crippen LogP contribution >= 0.6 is 18.9 Å². The van der Waals surface area contributed by atoms with E-state index in [0.717, 1.165) is 21.3 Å². The molecule has 0 aliphatic carbocycles. The van der Waals surface area contributed by atoms with E-state index in [1.807, 2.05) is 0 Å². The standard InChI is InChI=1S/C11H16NO7PS/c1-17-11(13)10(20(16,18-2)19-3)8(7-12(14)15)9-5-4-6-21-9/h4-6,8,10H,7H2,1-3H3. The first kappa shape index (κ1) is 17.8. The Morgan fingerprint density at radius 1 is 1.43 bits per heavy atom. The van der Waals surface area contributed by atoms with Crippen LogP contribution in [0.4, 0.5) is 0 Å². The molecular formula is C11H16NO7PS. The Bertz CT molecular complexity index is 525. The number of carbonyl (C=O) groups excluding carboxylic acids is 1. The summed E-state index contributed by atoms with van der Waals surface area (Å²) in [7, 11) is -0.530. The summed E-state index contributed by atoms with van der Waals surface area (Å²) in [5.74, 6) is -1.83. The summed E-state index contributed by atoms with van der Waals surface area (Å²) in [6.45, 7) is -0.586. The summed E-state index contributed by atoms with van der Waals surface area (Å²) >= 11 is 1.22. The fourth-order valence-corrected chi connectivity index (χ4v) is 4.56. The van der Waals surface area contributed by atoms with Crippen molar-refractivity contribution in [2.24, 2.45) is 0 Å². The van der Waals surface area contributed by atoms with E-state index in [1.165, 1.54) is 11.3 Å². The van der Waals surface area contributed by atoms with Crippen molar-refractivity contribution in [1.82, 2.24) is 0 Å². The zero-order valence-corrected chi connectivity index (χ0v) is 13.5. The molecule has 0 aliphatic rings. The Kier molecular flexibility index (Phi) is 6.47. The minimum Gasteiger partial charge on any atom is -0.468 e. The van der Waals surface area contributed by atoms with Gasteiger partial charge >= 0.3 is 13.6 Å². The number of rotatable bonds is 8. The van der Waals surface area contributed by atoms with Crippen molar-refractivity contribution in [3.8, 4) is 0 Å². The molecule has 0 saturated carbocycles. The maximum atomic E-state index is 12.6. The maximum Gasteiger partial charge on any atom is 0.345 e. The summed E-state index contributed by atoms with van der Waals surface area (Å²) < 4.78 is 26.9. The van der Waals surface area contributed by atoms with Crippen LogP contribution in [0.5, 0.6) is 0 Å². The molecular weight excluding hydrogens is 321 g/mol. The summed E-state index contributed by atoms with van der Waals surface area (Å²) in [4.78, 5) is 22.9. The summed E-state index contributed by atoms with van der Waals surface area (Å²) in [6, 6.07) is 3.32. The molecule has 1 heterocycles. The number of nitro groups is 1. The average Bonchev–Trinajstić information content (AvgIpc) is 2.99. The smallest absolute Gasteiger partial charge is 0.345 e. The van der Waals surface area contributed by atoms with Gasteiger partial charge in [-0.15, -0.1) is 11.3 Å². The highest BCUT2D eigenvalue weighted by atomic mass is 32.1. The lowest BCUT2D eigenvalue weighted by molar-refractivity contribution is -0.483. The number of carbonyl (C=O) groups is 1. The number of methoxy groups -OCH3 is 1. The van der Waals surface area contributed by atoms with Crippen molar-refractivity contribution < 1.29 is 28.1 Å². The third kappa shape index (κ3) is 4.10. The molecule has 118 valence electrons. The second-order valence-electron chi connectivity index (χ2n) is 4.01. The molecule has 0 fully saturated rings. The number of nitrogens with zero attached hydrogens (tertiary/aromatic N) is 1. The first-order valence-electron chi connectivity index (χ1n) is 5.83. The number of ether oxygens (including phenoxy) is 1. The van der Waals surface area contributed by atoms with Crippen LogP contribution in [0, 0.1) is 10.1 Å². The van der Waals surface area contributed by atoms with Crippen molar-refractivity contribution >= 4 is 24.9 Å². The molecule has 2 unspecified atom stereocenters. The zero-order chi connectivity index (χ0) is 16.0. The Morgan fingerprint density at radius 3 is 2.43 bits per heavy atom. The molecule has 0 aromatic carbocycles. The molecule has 2 atom stereocenters. The molecule has 0 spiro atoms. The van der Waals surface area contributed by atoms with Crippen LogP contribution in [0.1, 0.15) is 10.8 Å². The van der Waals surface area contributed by atoms with Gasteiger partial charge in [-0.05, 0) is 11.4 Å². The van der Waals surface area contributed by atoms with Gasteiger partial charge in [0.1, 0.15) is 0 Å². The van der Waals surface area contributed by atoms with Gasteiger partial charge in [-0.2, -0.15) is 0 Å². The molecule has 1 aromatic heterocycles. The Morgan fingerprint density at radius 2 is 2.05 bits per heavy atom. The molecule has 10 heteroatoms. The largest absolute Gasteiger partial charge is 0.468 e. The van der Waals surface area contributed by atoms with Crippen molar-refractivity contribution in [3.63, 3.8) is 0 Å². The fourth-order valence-electron chi connectivity index (χ4n) is 1.94. The van der Waals surface area contributed by atoms with Crippen LogP contribution in [-0.4, -0.2) is 44.4 Å². The van der Waals surface area contributed by atoms with Crippen LogP contribution in [-0.2, 0) is 23.1 Å². The Labute approximate surface area is 125 Å². The number of esters is 1. The average molecular weight is 337 g/mol. The fraction of sp³-hybridized carbons (Fsp3) is 0.545. The highest BCUT2D eigenvalue weighted by molar-refractivity contribution is 7.55. The topological polar surface area (TPSA) is 105 Å². The van der Waals surface area contributed by atoms with Gasteiger partial charge < -0.3 is 13.8 Å². The molecule has 0 amide bonds. The minimum atomic E-state index is -3.89. The van der Waals surface area contributed by atoms with Crippen molar-refractivity contribution in [3.05, 3.63) is 32.5 Å². The van der Waals surface area contributed by atoms with Crippen molar-refractivity contribution in [2.75, 3.05) is 27.9 Å². The molecule has 8 nitrogen and oxygen atoms in total. The molecule has 21 heavy (non-hydrogen) atoms. The SMILES string of the molecule is COC(=O)C(C(C[N+](=O)[O-])c1cccs1)P(=O)(OC)OC. The van der Waals surface area contributed by atoms with E-state index in [4.69, 9.17) is 9.05 Å². The van der Waals surface area contributed by atoms with Crippen LogP contribution in [0.2, 0.25) is 0 Å². The predicted molar refractivity (Wildman–Crippen MR) is 76.3 cm³/mol. The Hall–Kier alpha value is -1.28. The van der Waals surface area contributed by atoms with Crippen molar-refractivity contribution in [2.45, 2.75) is 11.6 Å². The molecule has 0 bridgehead atoms. The van der Waals surface area contributed by atoms with Crippen LogP contribution in [0.15, 0.2) is 17.5 Å². The second-order valence-corrected chi connectivity index (χ2v) is 7.36. The zero-order valence-electron chi connectivity index (χ0n) is 11.8.